The number of nitrogens with one attached hydrogen (secondary N) is 1. The van der Waals surface area contributed by atoms with Gasteiger partial charge in [0.05, 0.1) is 19.2 Å². The molecule has 0 saturated carbocycles. The molecule has 1 aliphatic rings. The molecule has 4 nitrogen and oxygen atoms in total. The van der Waals surface area contributed by atoms with Gasteiger partial charge in [-0.1, -0.05) is 19.9 Å². The van der Waals surface area contributed by atoms with E-state index >= 15 is 0 Å². The minimum Gasteiger partial charge on any atom is -0.376 e. The van der Waals surface area contributed by atoms with Crippen molar-refractivity contribution in [2.45, 2.75) is 45.4 Å². The third-order valence-electron chi connectivity index (χ3n) is 3.39. The van der Waals surface area contributed by atoms with E-state index < -0.39 is 0 Å². The van der Waals surface area contributed by atoms with E-state index in [9.17, 15) is 4.79 Å². The summed E-state index contributed by atoms with van der Waals surface area (Å²) in [7, 11) is 0. The van der Waals surface area contributed by atoms with E-state index in [0.29, 0.717) is 25.7 Å². The first-order chi connectivity index (χ1) is 9.65. The Morgan fingerprint density at radius 2 is 2.45 bits per heavy atom. The molecular formula is C15H24N2O2S. The van der Waals surface area contributed by atoms with Crippen LogP contribution >= 0.6 is 11.3 Å². The molecule has 0 bridgehead atoms. The maximum absolute atomic E-state index is 12.4. The number of hydrogen-bond donors (Lipinski definition) is 1. The summed E-state index contributed by atoms with van der Waals surface area (Å²) >= 11 is 1.70. The molecule has 5 heteroatoms. The number of nitrogens with zero attached hydrogens (tertiary/aromatic N) is 1. The molecule has 0 aromatic carbocycles. The quantitative estimate of drug-likeness (QED) is 0.839. The average molecular weight is 296 g/mol. The summed E-state index contributed by atoms with van der Waals surface area (Å²) in [6.45, 7) is 6.73. The molecule has 0 spiro atoms. The molecule has 1 unspecified atom stereocenters. The Hall–Kier alpha value is -0.910. The number of carbonyl (C=O) groups is 1. The van der Waals surface area contributed by atoms with Crippen LogP contribution < -0.4 is 5.32 Å². The van der Waals surface area contributed by atoms with Crippen LogP contribution in [0.25, 0.3) is 0 Å². The molecule has 1 amide bonds. The van der Waals surface area contributed by atoms with Crippen molar-refractivity contribution >= 4 is 17.2 Å². The molecule has 1 aliphatic heterocycles. The van der Waals surface area contributed by atoms with Crippen LogP contribution in [-0.4, -0.2) is 42.6 Å². The molecule has 1 atom stereocenters. The van der Waals surface area contributed by atoms with Crippen LogP contribution in [0.5, 0.6) is 0 Å². The van der Waals surface area contributed by atoms with Gasteiger partial charge in [0.1, 0.15) is 0 Å². The van der Waals surface area contributed by atoms with Crippen LogP contribution in [0.4, 0.5) is 0 Å². The van der Waals surface area contributed by atoms with Gasteiger partial charge in [-0.3, -0.25) is 4.79 Å². The molecular weight excluding hydrogens is 272 g/mol. The fourth-order valence-electron chi connectivity index (χ4n) is 2.28. The van der Waals surface area contributed by atoms with Crippen LogP contribution in [0.3, 0.4) is 0 Å². The largest absolute Gasteiger partial charge is 0.376 e. The van der Waals surface area contributed by atoms with E-state index in [-0.39, 0.29) is 12.0 Å². The molecule has 0 radical (unpaired) electrons. The van der Waals surface area contributed by atoms with Crippen molar-refractivity contribution in [3.05, 3.63) is 22.4 Å². The lowest BCUT2D eigenvalue weighted by molar-refractivity contribution is -0.132. The molecule has 1 saturated heterocycles. The summed E-state index contributed by atoms with van der Waals surface area (Å²) < 4.78 is 5.67. The average Bonchev–Trinajstić information content (AvgIpc) is 3.08. The Balaban J connectivity index is 1.92. The van der Waals surface area contributed by atoms with Gasteiger partial charge in [0, 0.05) is 24.1 Å². The zero-order valence-corrected chi connectivity index (χ0v) is 13.1. The van der Waals surface area contributed by atoms with Gasteiger partial charge in [-0.2, -0.15) is 0 Å². The molecule has 2 heterocycles. The molecule has 0 aliphatic carbocycles. The highest BCUT2D eigenvalue weighted by Gasteiger charge is 2.22. The Morgan fingerprint density at radius 1 is 1.60 bits per heavy atom. The van der Waals surface area contributed by atoms with Crippen LogP contribution in [0.1, 0.15) is 31.6 Å². The van der Waals surface area contributed by atoms with E-state index in [1.54, 1.807) is 11.3 Å². The van der Waals surface area contributed by atoms with Gasteiger partial charge >= 0.3 is 0 Å². The minimum absolute atomic E-state index is 0.155. The Morgan fingerprint density at radius 3 is 3.05 bits per heavy atom. The summed E-state index contributed by atoms with van der Waals surface area (Å²) in [5, 5.41) is 5.25. The first-order valence-electron chi connectivity index (χ1n) is 7.30. The number of rotatable bonds is 7. The zero-order chi connectivity index (χ0) is 14.4. The number of amides is 1. The van der Waals surface area contributed by atoms with Gasteiger partial charge in [-0.25, -0.2) is 0 Å². The second kappa shape index (κ2) is 7.76. The van der Waals surface area contributed by atoms with E-state index in [1.165, 1.54) is 4.88 Å². The second-order valence-electron chi connectivity index (χ2n) is 5.52. The van der Waals surface area contributed by atoms with Crippen LogP contribution in [0.2, 0.25) is 0 Å². The van der Waals surface area contributed by atoms with Crippen molar-refractivity contribution in [1.82, 2.24) is 10.2 Å². The van der Waals surface area contributed by atoms with Gasteiger partial charge < -0.3 is 15.0 Å². The van der Waals surface area contributed by atoms with E-state index in [1.807, 2.05) is 11.0 Å². The number of ether oxygens (including phenoxy) is 1. The summed E-state index contributed by atoms with van der Waals surface area (Å²) in [5.74, 6) is 0.155. The molecule has 1 N–H and O–H groups in total. The van der Waals surface area contributed by atoms with E-state index in [4.69, 9.17) is 4.74 Å². The Kier molecular flexibility index (Phi) is 6.01. The molecule has 20 heavy (non-hydrogen) atoms. The fraction of sp³-hybridized carbons (Fsp3) is 0.667. The van der Waals surface area contributed by atoms with Crippen LogP contribution in [0, 0.1) is 0 Å². The number of thiophene rings is 1. The molecule has 1 aromatic rings. The third kappa shape index (κ3) is 4.89. The first kappa shape index (κ1) is 15.5. The third-order valence-corrected chi connectivity index (χ3v) is 4.25. The van der Waals surface area contributed by atoms with Crippen molar-refractivity contribution in [2.24, 2.45) is 0 Å². The van der Waals surface area contributed by atoms with Crippen molar-refractivity contribution in [3.8, 4) is 0 Å². The summed E-state index contributed by atoms with van der Waals surface area (Å²) in [4.78, 5) is 15.5. The normalized spacial score (nSPS) is 18.6. The van der Waals surface area contributed by atoms with Crippen molar-refractivity contribution in [3.63, 3.8) is 0 Å². The molecule has 2 rings (SSSR count). The van der Waals surface area contributed by atoms with Crippen molar-refractivity contribution in [2.75, 3.05) is 19.7 Å². The van der Waals surface area contributed by atoms with Gasteiger partial charge in [-0.15, -0.1) is 11.3 Å². The number of hydrogen-bond acceptors (Lipinski definition) is 4. The smallest absolute Gasteiger partial charge is 0.236 e. The molecule has 1 fully saturated rings. The van der Waals surface area contributed by atoms with Gasteiger partial charge in [0.25, 0.3) is 0 Å². The minimum atomic E-state index is 0.155. The van der Waals surface area contributed by atoms with Gasteiger partial charge in [-0.05, 0) is 24.3 Å². The van der Waals surface area contributed by atoms with Crippen LogP contribution in [-0.2, 0) is 16.1 Å². The van der Waals surface area contributed by atoms with Crippen molar-refractivity contribution in [1.29, 1.82) is 0 Å². The lowest BCUT2D eigenvalue weighted by atomic mass is 10.2. The topological polar surface area (TPSA) is 41.6 Å². The Bertz CT molecular complexity index is 400. The lowest BCUT2D eigenvalue weighted by Gasteiger charge is -2.25. The Labute approximate surface area is 125 Å². The van der Waals surface area contributed by atoms with Gasteiger partial charge in [0.15, 0.2) is 0 Å². The predicted molar refractivity (Wildman–Crippen MR) is 81.8 cm³/mol. The lowest BCUT2D eigenvalue weighted by Crippen LogP contribution is -2.43. The van der Waals surface area contributed by atoms with E-state index in [0.717, 1.165) is 19.4 Å². The predicted octanol–water partition coefficient (Wildman–Crippen LogP) is 2.25. The molecule has 1 aromatic heterocycles. The summed E-state index contributed by atoms with van der Waals surface area (Å²) in [5.41, 5.74) is 0. The SMILES string of the molecule is CC(C)NCC(=O)N(Cc1cccs1)CC1CCCO1. The maximum Gasteiger partial charge on any atom is 0.236 e. The first-order valence-corrected chi connectivity index (χ1v) is 8.18. The molecule has 112 valence electrons. The highest BCUT2D eigenvalue weighted by molar-refractivity contribution is 7.09. The summed E-state index contributed by atoms with van der Waals surface area (Å²) in [6, 6.07) is 4.43. The maximum atomic E-state index is 12.4. The van der Waals surface area contributed by atoms with Crippen LogP contribution in [0.15, 0.2) is 17.5 Å². The number of carbonyl (C=O) groups excluding carboxylic acids is 1. The van der Waals surface area contributed by atoms with Gasteiger partial charge in [0.2, 0.25) is 5.91 Å². The zero-order valence-electron chi connectivity index (χ0n) is 12.3. The standard InChI is InChI=1S/C15H24N2O2S/c1-12(2)16-9-15(18)17(10-13-5-3-7-19-13)11-14-6-4-8-20-14/h4,6,8,12-13,16H,3,5,7,9-11H2,1-2H3. The fourth-order valence-corrected chi connectivity index (χ4v) is 3.00. The van der Waals surface area contributed by atoms with Crippen molar-refractivity contribution < 1.29 is 9.53 Å². The monoisotopic (exact) mass is 296 g/mol. The summed E-state index contributed by atoms with van der Waals surface area (Å²) in [6.07, 6.45) is 2.37. The van der Waals surface area contributed by atoms with E-state index in [2.05, 4.69) is 30.6 Å². The highest BCUT2D eigenvalue weighted by Crippen LogP contribution is 2.17. The highest BCUT2D eigenvalue weighted by atomic mass is 32.1. The second-order valence-corrected chi connectivity index (χ2v) is 6.56.